The summed E-state index contributed by atoms with van der Waals surface area (Å²) in [5, 5.41) is 0. The summed E-state index contributed by atoms with van der Waals surface area (Å²) in [6.07, 6.45) is 0. The van der Waals surface area contributed by atoms with E-state index in [9.17, 15) is 9.18 Å². The Kier molecular flexibility index (Phi) is 4.91. The maximum atomic E-state index is 12.4. The Morgan fingerprint density at radius 3 is 1.92 bits per heavy atom. The lowest BCUT2D eigenvalue weighted by atomic mass is 10.6. The van der Waals surface area contributed by atoms with Crippen LogP contribution in [0.1, 0.15) is 20.8 Å². The van der Waals surface area contributed by atoms with E-state index < -0.39 is 20.1 Å². The zero-order chi connectivity index (χ0) is 10.5. The molecule has 2 nitrogen and oxygen atoms in total. The first kappa shape index (κ1) is 12.4. The van der Waals surface area contributed by atoms with Gasteiger partial charge in [-0.15, -0.1) is 0 Å². The molecule has 0 aromatic rings. The van der Waals surface area contributed by atoms with Crippen molar-refractivity contribution in [1.82, 2.24) is 0 Å². The average Bonchev–Trinajstić information content (AvgIpc) is 2.14. The van der Waals surface area contributed by atoms with Crippen LogP contribution in [-0.2, 0) is 9.22 Å². The second-order valence-electron chi connectivity index (χ2n) is 3.04. The topological polar surface area (TPSA) is 26.3 Å². The summed E-state index contributed by atoms with van der Waals surface area (Å²) in [6, 6.07) is 2.50. The molecule has 0 saturated carbocycles. The van der Waals surface area contributed by atoms with Crippen LogP contribution >= 0.6 is 0 Å². The lowest BCUT2D eigenvalue weighted by molar-refractivity contribution is -0.132. The van der Waals surface area contributed by atoms with Crippen LogP contribution in [0.3, 0.4) is 0 Å². The highest BCUT2D eigenvalue weighted by atomic mass is 28.4. The summed E-state index contributed by atoms with van der Waals surface area (Å²) >= 11 is 0. The number of carbonyl (C=O) groups excluding carboxylic acids is 1. The van der Waals surface area contributed by atoms with Crippen LogP contribution in [0.4, 0.5) is 4.39 Å². The van der Waals surface area contributed by atoms with Gasteiger partial charge in [0.15, 0.2) is 5.83 Å². The van der Waals surface area contributed by atoms with Crippen LogP contribution in [0.5, 0.6) is 0 Å². The molecule has 0 aromatic heterocycles. The highest BCUT2D eigenvalue weighted by molar-refractivity contribution is 6.75. The molecular formula is C9H17FO2Si. The Morgan fingerprint density at radius 2 is 1.69 bits per heavy atom. The van der Waals surface area contributed by atoms with Crippen molar-refractivity contribution < 1.29 is 13.6 Å². The zero-order valence-electron chi connectivity index (χ0n) is 8.52. The molecule has 4 heteroatoms. The number of rotatable bonds is 5. The van der Waals surface area contributed by atoms with Gasteiger partial charge in [0.1, 0.15) is 0 Å². The summed E-state index contributed by atoms with van der Waals surface area (Å²) in [7, 11) is -1.99. The molecule has 0 rings (SSSR count). The predicted molar refractivity (Wildman–Crippen MR) is 53.5 cm³/mol. The van der Waals surface area contributed by atoms with Crippen LogP contribution in [0.25, 0.3) is 0 Å². The van der Waals surface area contributed by atoms with Gasteiger partial charge in [0, 0.05) is 0 Å². The number of hydrogen-bond donors (Lipinski definition) is 0. The van der Waals surface area contributed by atoms with Crippen molar-refractivity contribution in [3.63, 3.8) is 0 Å². The summed E-state index contributed by atoms with van der Waals surface area (Å²) in [6.45, 7) is 8.86. The minimum Gasteiger partial charge on any atom is -0.514 e. The number of carbonyl (C=O) groups is 1. The molecule has 0 saturated heterocycles. The monoisotopic (exact) mass is 204 g/mol. The molecular weight excluding hydrogens is 187 g/mol. The van der Waals surface area contributed by atoms with Crippen molar-refractivity contribution in [1.29, 1.82) is 0 Å². The lowest BCUT2D eigenvalue weighted by Gasteiger charge is -2.26. The SMILES string of the molecule is C=C(F)C(=O)O[Si](CC)(CC)CC. The second-order valence-corrected chi connectivity index (χ2v) is 7.73. The van der Waals surface area contributed by atoms with Crippen molar-refractivity contribution >= 4 is 14.3 Å². The van der Waals surface area contributed by atoms with Crippen LogP contribution in [0.15, 0.2) is 12.4 Å². The van der Waals surface area contributed by atoms with Gasteiger partial charge in [0.2, 0.25) is 0 Å². The Hall–Kier alpha value is -0.643. The Labute approximate surface area is 79.9 Å². The molecule has 0 radical (unpaired) electrons. The first-order valence-corrected chi connectivity index (χ1v) is 7.12. The van der Waals surface area contributed by atoms with E-state index in [1.54, 1.807) is 0 Å². The molecule has 0 spiro atoms. The molecule has 0 N–H and O–H groups in total. The fourth-order valence-electron chi connectivity index (χ4n) is 1.22. The molecule has 13 heavy (non-hydrogen) atoms. The first-order valence-electron chi connectivity index (χ1n) is 4.59. The summed E-state index contributed by atoms with van der Waals surface area (Å²) in [5.74, 6) is -1.87. The average molecular weight is 204 g/mol. The standard InChI is InChI=1S/C9H17FO2Si/c1-5-13(6-2,7-3)12-9(11)8(4)10/h4-7H2,1-3H3. The van der Waals surface area contributed by atoms with Gasteiger partial charge in [-0.1, -0.05) is 27.4 Å². The van der Waals surface area contributed by atoms with Gasteiger partial charge in [-0.2, -0.15) is 4.39 Å². The smallest absolute Gasteiger partial charge is 0.353 e. The van der Waals surface area contributed by atoms with E-state index in [2.05, 4.69) is 6.58 Å². The number of halogens is 1. The fraction of sp³-hybridized carbons (Fsp3) is 0.667. The zero-order valence-corrected chi connectivity index (χ0v) is 9.52. The third-order valence-electron chi connectivity index (χ3n) is 2.46. The van der Waals surface area contributed by atoms with Crippen LogP contribution in [0, 0.1) is 0 Å². The van der Waals surface area contributed by atoms with Gasteiger partial charge in [-0.25, -0.2) is 4.79 Å². The molecule has 0 aliphatic heterocycles. The molecule has 0 amide bonds. The Bertz CT molecular complexity index is 192. The minimum absolute atomic E-state index is 0.832. The molecule has 0 heterocycles. The highest BCUT2D eigenvalue weighted by Crippen LogP contribution is 2.22. The predicted octanol–water partition coefficient (Wildman–Crippen LogP) is 3.02. The normalized spacial score (nSPS) is 11.1. The first-order chi connectivity index (χ1) is 6.01. The summed E-state index contributed by atoms with van der Waals surface area (Å²) in [4.78, 5) is 11.0. The molecule has 76 valence electrons. The third-order valence-corrected chi connectivity index (χ3v) is 6.95. The lowest BCUT2D eigenvalue weighted by Crippen LogP contribution is -2.38. The van der Waals surface area contributed by atoms with Crippen molar-refractivity contribution in [2.75, 3.05) is 0 Å². The van der Waals surface area contributed by atoms with E-state index in [0.29, 0.717) is 0 Å². The maximum absolute atomic E-state index is 12.4. The van der Waals surface area contributed by atoms with Gasteiger partial charge >= 0.3 is 5.97 Å². The minimum atomic E-state index is -1.99. The molecule has 0 aromatic carbocycles. The molecule has 0 aliphatic rings. The highest BCUT2D eigenvalue weighted by Gasteiger charge is 2.33. The molecule has 0 atom stereocenters. The van der Waals surface area contributed by atoms with E-state index in [4.69, 9.17) is 4.43 Å². The van der Waals surface area contributed by atoms with Gasteiger partial charge in [0.25, 0.3) is 8.32 Å². The van der Waals surface area contributed by atoms with Crippen molar-refractivity contribution in [3.8, 4) is 0 Å². The summed E-state index contributed by atoms with van der Waals surface area (Å²) in [5.41, 5.74) is 0. The quantitative estimate of drug-likeness (QED) is 0.508. The van der Waals surface area contributed by atoms with Crippen LogP contribution in [-0.4, -0.2) is 14.3 Å². The van der Waals surface area contributed by atoms with E-state index in [0.717, 1.165) is 18.1 Å². The largest absolute Gasteiger partial charge is 0.514 e. The van der Waals surface area contributed by atoms with E-state index in [1.165, 1.54) is 0 Å². The van der Waals surface area contributed by atoms with E-state index in [-0.39, 0.29) is 0 Å². The second kappa shape index (κ2) is 5.17. The van der Waals surface area contributed by atoms with Crippen molar-refractivity contribution in [3.05, 3.63) is 12.4 Å². The van der Waals surface area contributed by atoms with E-state index >= 15 is 0 Å². The van der Waals surface area contributed by atoms with E-state index in [1.807, 2.05) is 20.8 Å². The van der Waals surface area contributed by atoms with Crippen LogP contribution in [0.2, 0.25) is 18.1 Å². The molecule has 0 aliphatic carbocycles. The molecule has 0 unspecified atom stereocenters. The van der Waals surface area contributed by atoms with Gasteiger partial charge in [-0.3, -0.25) is 0 Å². The van der Waals surface area contributed by atoms with Gasteiger partial charge in [-0.05, 0) is 18.1 Å². The molecule has 0 bridgehead atoms. The van der Waals surface area contributed by atoms with Crippen LogP contribution < -0.4 is 0 Å². The van der Waals surface area contributed by atoms with Crippen molar-refractivity contribution in [2.24, 2.45) is 0 Å². The van der Waals surface area contributed by atoms with Gasteiger partial charge in [0.05, 0.1) is 0 Å². The third kappa shape index (κ3) is 3.30. The Morgan fingerprint density at radius 1 is 1.31 bits per heavy atom. The fourth-order valence-corrected chi connectivity index (χ4v) is 3.66. The summed E-state index contributed by atoms with van der Waals surface area (Å²) < 4.78 is 17.6. The maximum Gasteiger partial charge on any atom is 0.353 e. The Balaban J connectivity index is 4.42. The van der Waals surface area contributed by atoms with Crippen molar-refractivity contribution in [2.45, 2.75) is 38.9 Å². The van der Waals surface area contributed by atoms with Gasteiger partial charge < -0.3 is 4.43 Å². The number of hydrogen-bond acceptors (Lipinski definition) is 2. The molecule has 0 fully saturated rings.